The molecule has 0 heterocycles. The molecule has 0 saturated carbocycles. The van der Waals surface area contributed by atoms with Gasteiger partial charge in [-0.2, -0.15) is 0 Å². The van der Waals surface area contributed by atoms with Crippen molar-refractivity contribution in [1.29, 1.82) is 0 Å². The van der Waals surface area contributed by atoms with Crippen molar-refractivity contribution in [3.63, 3.8) is 0 Å². The molecule has 2 aromatic carbocycles. The molecule has 2 aromatic rings. The first-order valence-electron chi connectivity index (χ1n) is 7.06. The Hall–Kier alpha value is -2.06. The van der Waals surface area contributed by atoms with Crippen LogP contribution in [0.25, 0.3) is 0 Å². The summed E-state index contributed by atoms with van der Waals surface area (Å²) in [5.74, 6) is 0.916. The second kappa shape index (κ2) is 8.18. The van der Waals surface area contributed by atoms with Crippen LogP contribution in [-0.2, 0) is 13.0 Å². The Morgan fingerprint density at radius 3 is 2.60 bits per heavy atom. The van der Waals surface area contributed by atoms with Gasteiger partial charge in [0.1, 0.15) is 18.9 Å². The maximum Gasteiger partial charge on any atom is 0.120 e. The van der Waals surface area contributed by atoms with Crippen LogP contribution < -0.4 is 10.1 Å². The second-order valence-corrected chi connectivity index (χ2v) is 4.76. The van der Waals surface area contributed by atoms with Gasteiger partial charge in [0.2, 0.25) is 0 Å². The van der Waals surface area contributed by atoms with Crippen LogP contribution in [0.3, 0.4) is 0 Å². The van der Waals surface area contributed by atoms with Crippen LogP contribution in [0.4, 0.5) is 0 Å². The minimum atomic E-state index is 0.557. The molecule has 2 nitrogen and oxygen atoms in total. The minimum Gasteiger partial charge on any atom is -0.490 e. The normalized spacial score (nSPS) is 10.2. The van der Waals surface area contributed by atoms with Gasteiger partial charge in [0, 0.05) is 12.0 Å². The predicted molar refractivity (Wildman–Crippen MR) is 82.8 cm³/mol. The second-order valence-electron chi connectivity index (χ2n) is 4.76. The van der Waals surface area contributed by atoms with Gasteiger partial charge >= 0.3 is 0 Å². The summed E-state index contributed by atoms with van der Waals surface area (Å²) in [4.78, 5) is 0. The number of nitrogens with two attached hydrogens (primary N) is 1. The SMILES string of the molecule is C=CCOc1cccc(C[NH2+]CCc2ccccc2)c1. The average molecular weight is 268 g/mol. The van der Waals surface area contributed by atoms with Crippen molar-refractivity contribution in [2.24, 2.45) is 0 Å². The summed E-state index contributed by atoms with van der Waals surface area (Å²) in [6.45, 7) is 6.30. The standard InChI is InChI=1S/C18H21NO/c1-2-13-20-18-10-6-9-17(14-18)15-19-12-11-16-7-4-3-5-8-16/h2-10,14,19H,1,11-13,15H2/p+1. The summed E-state index contributed by atoms with van der Waals surface area (Å²) in [6.07, 6.45) is 2.87. The van der Waals surface area contributed by atoms with Crippen LogP contribution >= 0.6 is 0 Å². The Bertz CT molecular complexity index is 522. The third-order valence-corrected chi connectivity index (χ3v) is 3.13. The lowest BCUT2D eigenvalue weighted by molar-refractivity contribution is -0.670. The number of hydrogen-bond acceptors (Lipinski definition) is 1. The number of quaternary nitrogens is 1. The van der Waals surface area contributed by atoms with Gasteiger partial charge in [0.25, 0.3) is 0 Å². The third kappa shape index (κ3) is 4.90. The van der Waals surface area contributed by atoms with E-state index < -0.39 is 0 Å². The van der Waals surface area contributed by atoms with E-state index in [0.717, 1.165) is 25.3 Å². The van der Waals surface area contributed by atoms with Crippen LogP contribution in [0.2, 0.25) is 0 Å². The van der Waals surface area contributed by atoms with E-state index in [0.29, 0.717) is 6.61 Å². The molecular weight excluding hydrogens is 246 g/mol. The molecule has 0 amide bonds. The molecule has 0 atom stereocenters. The van der Waals surface area contributed by atoms with E-state index in [1.54, 1.807) is 6.08 Å². The Morgan fingerprint density at radius 1 is 1.00 bits per heavy atom. The van der Waals surface area contributed by atoms with E-state index in [1.807, 2.05) is 12.1 Å². The Morgan fingerprint density at radius 2 is 1.80 bits per heavy atom. The zero-order valence-electron chi connectivity index (χ0n) is 11.8. The molecule has 0 unspecified atom stereocenters. The van der Waals surface area contributed by atoms with Crippen molar-refractivity contribution < 1.29 is 10.1 Å². The quantitative estimate of drug-likeness (QED) is 0.578. The lowest BCUT2D eigenvalue weighted by atomic mass is 10.1. The number of benzene rings is 2. The number of hydrogen-bond donors (Lipinski definition) is 1. The van der Waals surface area contributed by atoms with Gasteiger partial charge in [0.05, 0.1) is 6.54 Å². The van der Waals surface area contributed by atoms with Crippen molar-refractivity contribution in [2.75, 3.05) is 13.2 Å². The molecule has 0 aromatic heterocycles. The van der Waals surface area contributed by atoms with E-state index in [2.05, 4.69) is 54.4 Å². The Balaban J connectivity index is 1.75. The molecular formula is C18H22NO+. The number of ether oxygens (including phenoxy) is 1. The molecule has 0 radical (unpaired) electrons. The molecule has 0 aliphatic rings. The van der Waals surface area contributed by atoms with Gasteiger partial charge in [-0.25, -0.2) is 0 Å². The summed E-state index contributed by atoms with van der Waals surface area (Å²) in [5, 5.41) is 2.33. The lowest BCUT2D eigenvalue weighted by Gasteiger charge is -2.06. The highest BCUT2D eigenvalue weighted by Crippen LogP contribution is 2.12. The molecule has 0 bridgehead atoms. The van der Waals surface area contributed by atoms with E-state index >= 15 is 0 Å². The fourth-order valence-corrected chi connectivity index (χ4v) is 2.10. The smallest absolute Gasteiger partial charge is 0.120 e. The maximum atomic E-state index is 5.54. The van der Waals surface area contributed by atoms with Crippen LogP contribution in [0.15, 0.2) is 67.3 Å². The third-order valence-electron chi connectivity index (χ3n) is 3.13. The van der Waals surface area contributed by atoms with Gasteiger partial charge in [-0.05, 0) is 17.7 Å². The van der Waals surface area contributed by atoms with Crippen molar-refractivity contribution in [3.05, 3.63) is 78.4 Å². The summed E-state index contributed by atoms with van der Waals surface area (Å²) >= 11 is 0. The fourth-order valence-electron chi connectivity index (χ4n) is 2.10. The first-order chi connectivity index (χ1) is 9.88. The summed E-state index contributed by atoms with van der Waals surface area (Å²) in [5.41, 5.74) is 2.69. The van der Waals surface area contributed by atoms with Crippen molar-refractivity contribution >= 4 is 0 Å². The highest BCUT2D eigenvalue weighted by Gasteiger charge is 1.99. The zero-order chi connectivity index (χ0) is 14.0. The molecule has 104 valence electrons. The summed E-state index contributed by atoms with van der Waals surface area (Å²) in [7, 11) is 0. The number of rotatable bonds is 8. The van der Waals surface area contributed by atoms with Gasteiger partial charge in [-0.15, -0.1) is 0 Å². The monoisotopic (exact) mass is 268 g/mol. The average Bonchev–Trinajstić information content (AvgIpc) is 2.51. The van der Waals surface area contributed by atoms with Crippen LogP contribution in [0, 0.1) is 0 Å². The topological polar surface area (TPSA) is 25.8 Å². The van der Waals surface area contributed by atoms with E-state index in [1.165, 1.54) is 11.1 Å². The molecule has 2 N–H and O–H groups in total. The van der Waals surface area contributed by atoms with Gasteiger partial charge in [0.15, 0.2) is 0 Å². The molecule has 0 spiro atoms. The van der Waals surface area contributed by atoms with E-state index in [4.69, 9.17) is 4.74 Å². The first-order valence-corrected chi connectivity index (χ1v) is 7.06. The molecule has 20 heavy (non-hydrogen) atoms. The molecule has 0 saturated heterocycles. The molecule has 2 rings (SSSR count). The molecule has 0 aliphatic carbocycles. The largest absolute Gasteiger partial charge is 0.490 e. The Labute approximate surface area is 121 Å². The summed E-state index contributed by atoms with van der Waals surface area (Å²) < 4.78 is 5.54. The van der Waals surface area contributed by atoms with Crippen LogP contribution in [0.1, 0.15) is 11.1 Å². The lowest BCUT2D eigenvalue weighted by Crippen LogP contribution is -2.83. The minimum absolute atomic E-state index is 0.557. The summed E-state index contributed by atoms with van der Waals surface area (Å²) in [6, 6.07) is 18.9. The van der Waals surface area contributed by atoms with E-state index in [9.17, 15) is 0 Å². The van der Waals surface area contributed by atoms with Crippen LogP contribution in [0.5, 0.6) is 5.75 Å². The predicted octanol–water partition coefficient (Wildman–Crippen LogP) is 2.56. The van der Waals surface area contributed by atoms with Gasteiger partial charge in [-0.3, -0.25) is 0 Å². The zero-order valence-corrected chi connectivity index (χ0v) is 11.8. The molecule has 2 heteroatoms. The fraction of sp³-hybridized carbons (Fsp3) is 0.222. The molecule has 0 fully saturated rings. The molecule has 0 aliphatic heterocycles. The van der Waals surface area contributed by atoms with Crippen molar-refractivity contribution in [2.45, 2.75) is 13.0 Å². The Kier molecular flexibility index (Phi) is 5.87. The highest BCUT2D eigenvalue weighted by atomic mass is 16.5. The maximum absolute atomic E-state index is 5.54. The first kappa shape index (κ1) is 14.4. The van der Waals surface area contributed by atoms with Crippen LogP contribution in [-0.4, -0.2) is 13.2 Å². The highest BCUT2D eigenvalue weighted by molar-refractivity contribution is 5.28. The van der Waals surface area contributed by atoms with Gasteiger partial charge in [-0.1, -0.05) is 55.1 Å². The van der Waals surface area contributed by atoms with Crippen molar-refractivity contribution in [1.82, 2.24) is 0 Å². The van der Waals surface area contributed by atoms with Gasteiger partial charge < -0.3 is 10.1 Å². The van der Waals surface area contributed by atoms with Crippen molar-refractivity contribution in [3.8, 4) is 5.75 Å². The van der Waals surface area contributed by atoms with E-state index in [-0.39, 0.29) is 0 Å².